The Bertz CT molecular complexity index is 1190. The molecule has 0 aliphatic rings. The topological polar surface area (TPSA) is 55.6 Å². The summed E-state index contributed by atoms with van der Waals surface area (Å²) in [5, 5.41) is 2.80. The Morgan fingerprint density at radius 2 is 1.90 bits per heavy atom. The van der Waals surface area contributed by atoms with Crippen LogP contribution >= 0.6 is 0 Å². The van der Waals surface area contributed by atoms with Crippen molar-refractivity contribution in [3.63, 3.8) is 0 Å². The van der Waals surface area contributed by atoms with Crippen molar-refractivity contribution >= 4 is 17.4 Å². The molecule has 0 aliphatic heterocycles. The number of halogens is 2. The first-order chi connectivity index (χ1) is 14.0. The molecule has 2 aromatic carbocycles. The molecule has 29 heavy (non-hydrogen) atoms. The number of carbonyl (C=O) groups excluding carboxylic acids is 1. The predicted octanol–water partition coefficient (Wildman–Crippen LogP) is 4.61. The lowest BCUT2D eigenvalue weighted by Crippen LogP contribution is -2.21. The van der Waals surface area contributed by atoms with Crippen LogP contribution in [-0.2, 0) is 4.79 Å². The zero-order valence-corrected chi connectivity index (χ0v) is 15.5. The van der Waals surface area contributed by atoms with E-state index in [-0.39, 0.29) is 5.75 Å². The van der Waals surface area contributed by atoms with Crippen LogP contribution in [0.4, 0.5) is 14.6 Å². The van der Waals surface area contributed by atoms with Crippen molar-refractivity contribution in [1.82, 2.24) is 9.38 Å². The second-order valence-corrected chi connectivity index (χ2v) is 6.47. The van der Waals surface area contributed by atoms with Crippen LogP contribution in [0.25, 0.3) is 16.9 Å². The molecule has 4 rings (SSSR count). The highest BCUT2D eigenvalue weighted by Crippen LogP contribution is 2.29. The van der Waals surface area contributed by atoms with Crippen LogP contribution in [0.15, 0.2) is 66.9 Å². The van der Waals surface area contributed by atoms with Crippen LogP contribution in [0.1, 0.15) is 5.56 Å². The molecule has 0 saturated heterocycles. The van der Waals surface area contributed by atoms with Gasteiger partial charge in [0.25, 0.3) is 5.91 Å². The third kappa shape index (κ3) is 3.80. The van der Waals surface area contributed by atoms with Crippen LogP contribution in [0.5, 0.6) is 5.75 Å². The van der Waals surface area contributed by atoms with Gasteiger partial charge in [-0.25, -0.2) is 13.8 Å². The SMILES string of the molecule is Cc1cccn2c(NC(=O)COc3ccc(F)cc3F)c(-c3ccccc3)nc12. The number of hydrogen-bond acceptors (Lipinski definition) is 3. The first-order valence-electron chi connectivity index (χ1n) is 8.94. The number of imidazole rings is 1. The van der Waals surface area contributed by atoms with Gasteiger partial charge in [0.05, 0.1) is 0 Å². The van der Waals surface area contributed by atoms with Gasteiger partial charge < -0.3 is 10.1 Å². The molecule has 0 saturated carbocycles. The summed E-state index contributed by atoms with van der Waals surface area (Å²) in [6, 6.07) is 16.2. The number of nitrogens with one attached hydrogen (secondary N) is 1. The highest BCUT2D eigenvalue weighted by molar-refractivity contribution is 5.95. The van der Waals surface area contributed by atoms with Gasteiger partial charge in [0.2, 0.25) is 0 Å². The van der Waals surface area contributed by atoms with Crippen LogP contribution < -0.4 is 10.1 Å². The summed E-state index contributed by atoms with van der Waals surface area (Å²) in [5.41, 5.74) is 3.12. The summed E-state index contributed by atoms with van der Waals surface area (Å²) in [7, 11) is 0. The maximum absolute atomic E-state index is 13.7. The molecule has 2 heterocycles. The molecule has 5 nitrogen and oxygen atoms in total. The van der Waals surface area contributed by atoms with E-state index in [1.54, 1.807) is 10.6 Å². The first-order valence-corrected chi connectivity index (χ1v) is 8.94. The van der Waals surface area contributed by atoms with Crippen molar-refractivity contribution in [3.05, 3.63) is 84.1 Å². The largest absolute Gasteiger partial charge is 0.481 e. The number of benzene rings is 2. The van der Waals surface area contributed by atoms with E-state index in [2.05, 4.69) is 10.3 Å². The van der Waals surface area contributed by atoms with Crippen molar-refractivity contribution in [3.8, 4) is 17.0 Å². The van der Waals surface area contributed by atoms with Gasteiger partial charge in [-0.3, -0.25) is 9.20 Å². The number of rotatable bonds is 5. The lowest BCUT2D eigenvalue weighted by molar-refractivity contribution is -0.118. The van der Waals surface area contributed by atoms with E-state index in [1.807, 2.05) is 49.4 Å². The summed E-state index contributed by atoms with van der Waals surface area (Å²) in [4.78, 5) is 17.2. The van der Waals surface area contributed by atoms with Gasteiger partial charge in [0, 0.05) is 17.8 Å². The molecule has 7 heteroatoms. The van der Waals surface area contributed by atoms with Crippen LogP contribution in [0.3, 0.4) is 0 Å². The predicted molar refractivity (Wildman–Crippen MR) is 106 cm³/mol. The van der Waals surface area contributed by atoms with E-state index < -0.39 is 24.1 Å². The maximum atomic E-state index is 13.7. The van der Waals surface area contributed by atoms with E-state index in [4.69, 9.17) is 4.74 Å². The molecule has 0 atom stereocenters. The fraction of sp³-hybridized carbons (Fsp3) is 0.0909. The Labute approximate surface area is 165 Å². The van der Waals surface area contributed by atoms with E-state index >= 15 is 0 Å². The zero-order valence-electron chi connectivity index (χ0n) is 15.5. The summed E-state index contributed by atoms with van der Waals surface area (Å²) >= 11 is 0. The van der Waals surface area contributed by atoms with E-state index in [1.165, 1.54) is 0 Å². The average Bonchev–Trinajstić information content (AvgIpc) is 3.08. The lowest BCUT2D eigenvalue weighted by Gasteiger charge is -2.10. The Balaban J connectivity index is 1.63. The molecule has 0 unspecified atom stereocenters. The number of anilines is 1. The first kappa shape index (κ1) is 18.6. The third-order valence-electron chi connectivity index (χ3n) is 4.40. The summed E-state index contributed by atoms with van der Waals surface area (Å²) in [6.45, 7) is 1.50. The van der Waals surface area contributed by atoms with Crippen molar-refractivity contribution in [2.24, 2.45) is 0 Å². The molecular weight excluding hydrogens is 376 g/mol. The Kier molecular flexibility index (Phi) is 4.95. The molecule has 1 N–H and O–H groups in total. The van der Waals surface area contributed by atoms with Gasteiger partial charge in [-0.2, -0.15) is 0 Å². The minimum atomic E-state index is -0.867. The third-order valence-corrected chi connectivity index (χ3v) is 4.40. The number of hydrogen-bond donors (Lipinski definition) is 1. The second-order valence-electron chi connectivity index (χ2n) is 6.47. The number of aryl methyl sites for hydroxylation is 1. The minimum absolute atomic E-state index is 0.196. The van der Waals surface area contributed by atoms with Gasteiger partial charge in [-0.15, -0.1) is 0 Å². The number of amides is 1. The summed E-state index contributed by atoms with van der Waals surface area (Å²) < 4.78 is 33.7. The Morgan fingerprint density at radius 3 is 2.66 bits per heavy atom. The smallest absolute Gasteiger partial charge is 0.263 e. The number of fused-ring (bicyclic) bond motifs is 1. The second kappa shape index (κ2) is 7.71. The molecule has 1 amide bonds. The molecule has 4 aromatic rings. The number of aromatic nitrogens is 2. The zero-order chi connectivity index (χ0) is 20.4. The normalized spacial score (nSPS) is 10.9. The molecule has 0 radical (unpaired) electrons. The quantitative estimate of drug-likeness (QED) is 0.539. The van der Waals surface area contributed by atoms with Gasteiger partial charge in [0.1, 0.15) is 23.0 Å². The van der Waals surface area contributed by atoms with Crippen LogP contribution in [0.2, 0.25) is 0 Å². The van der Waals surface area contributed by atoms with Crippen molar-refractivity contribution < 1.29 is 18.3 Å². The fourth-order valence-corrected chi connectivity index (χ4v) is 3.02. The summed E-state index contributed by atoms with van der Waals surface area (Å²) in [6.07, 6.45) is 1.80. The van der Waals surface area contributed by atoms with Crippen LogP contribution in [0, 0.1) is 18.6 Å². The average molecular weight is 393 g/mol. The maximum Gasteiger partial charge on any atom is 0.263 e. The number of carbonyl (C=O) groups is 1. The Hall–Kier alpha value is -3.74. The highest BCUT2D eigenvalue weighted by atomic mass is 19.1. The van der Waals surface area contributed by atoms with E-state index in [0.717, 1.165) is 23.3 Å². The lowest BCUT2D eigenvalue weighted by atomic mass is 10.1. The molecule has 0 spiro atoms. The molecule has 0 aliphatic carbocycles. The van der Waals surface area contributed by atoms with Crippen molar-refractivity contribution in [2.45, 2.75) is 6.92 Å². The van der Waals surface area contributed by atoms with E-state index in [0.29, 0.717) is 23.2 Å². The van der Waals surface area contributed by atoms with Crippen molar-refractivity contribution in [1.29, 1.82) is 0 Å². The van der Waals surface area contributed by atoms with Gasteiger partial charge in [0.15, 0.2) is 18.2 Å². The number of nitrogens with zero attached hydrogens (tertiary/aromatic N) is 2. The Morgan fingerprint density at radius 1 is 1.10 bits per heavy atom. The van der Waals surface area contributed by atoms with Gasteiger partial charge in [-0.05, 0) is 30.7 Å². The molecule has 0 bridgehead atoms. The molecule has 2 aromatic heterocycles. The molecule has 146 valence electrons. The highest BCUT2D eigenvalue weighted by Gasteiger charge is 2.18. The van der Waals surface area contributed by atoms with E-state index in [9.17, 15) is 13.6 Å². The number of ether oxygens (including phenoxy) is 1. The molecular formula is C22H17F2N3O2. The fourth-order valence-electron chi connectivity index (χ4n) is 3.02. The minimum Gasteiger partial charge on any atom is -0.481 e. The van der Waals surface area contributed by atoms with Gasteiger partial charge in [-0.1, -0.05) is 36.4 Å². The molecule has 0 fully saturated rings. The summed E-state index contributed by atoms with van der Waals surface area (Å²) in [5.74, 6) is -1.78. The number of pyridine rings is 1. The van der Waals surface area contributed by atoms with Gasteiger partial charge >= 0.3 is 0 Å². The van der Waals surface area contributed by atoms with Crippen LogP contribution in [-0.4, -0.2) is 21.9 Å². The standard InChI is InChI=1S/C22H17F2N3O2/c1-14-6-5-11-27-21(14)26-20(15-7-3-2-4-8-15)22(27)25-19(28)13-29-18-10-9-16(23)12-17(18)24/h2-12H,13H2,1H3,(H,25,28). The monoisotopic (exact) mass is 393 g/mol. The van der Waals surface area contributed by atoms with Crippen molar-refractivity contribution in [2.75, 3.05) is 11.9 Å².